The Bertz CT molecular complexity index is 21.6. The Hall–Kier alpha value is 0.894. The van der Waals surface area contributed by atoms with Crippen LogP contribution >= 0.6 is 22.5 Å². The molecule has 0 radical (unpaired) electrons. The molecule has 0 unspecified atom stereocenters. The number of hydrogen-bond donors (Lipinski definition) is 0. The molecule has 0 fully saturated rings. The molecule has 0 saturated heterocycles. The van der Waals surface area contributed by atoms with Crippen LogP contribution in [-0.2, 0) is 15.7 Å². The van der Waals surface area contributed by atoms with Gasteiger partial charge in [-0.3, -0.25) is 0 Å². The molecule has 0 aromatic heterocycles. The number of rotatable bonds is 0. The first kappa shape index (κ1) is 9.31. The predicted molar refractivity (Wildman–Crippen MR) is 25.9 cm³/mol. The van der Waals surface area contributed by atoms with Crippen molar-refractivity contribution in [3.05, 3.63) is 0 Å². The molecular formula is C2H3S2V-. The molecular weight excluding hydrogens is 139 g/mol. The summed E-state index contributed by atoms with van der Waals surface area (Å²) in [5.41, 5.74) is 0. The van der Waals surface area contributed by atoms with Gasteiger partial charge in [0.25, 0.3) is 0 Å². The van der Waals surface area contributed by atoms with E-state index in [4.69, 9.17) is 0 Å². The van der Waals surface area contributed by atoms with Crippen LogP contribution in [0.3, 0.4) is 0 Å². The minimum atomic E-state index is 1.69. The molecule has 29 valence electrons. The fourth-order valence-corrected chi connectivity index (χ4v) is 0. The summed E-state index contributed by atoms with van der Waals surface area (Å²) in [6, 6.07) is 0. The second-order valence-corrected chi connectivity index (χ2v) is 0.612. The molecule has 0 nitrogen and oxygen atoms in total. The van der Waals surface area contributed by atoms with Crippen molar-refractivity contribution in [2.24, 2.45) is 0 Å². The van der Waals surface area contributed by atoms with Gasteiger partial charge in [-0.25, -0.2) is 0 Å². The maximum atomic E-state index is 4.14. The quantitative estimate of drug-likeness (QED) is 0.371. The van der Waals surface area contributed by atoms with Crippen molar-refractivity contribution in [1.29, 1.82) is 0 Å². The van der Waals surface area contributed by atoms with Crippen molar-refractivity contribution in [2.45, 2.75) is 6.92 Å². The van der Waals surface area contributed by atoms with E-state index in [1.54, 1.807) is 6.92 Å². The molecule has 0 aromatic rings. The van der Waals surface area contributed by atoms with E-state index in [-0.39, 0.29) is 0 Å². The molecule has 0 aliphatic heterocycles. The van der Waals surface area contributed by atoms with Gasteiger partial charge >= 0.3 is 26.0 Å². The summed E-state index contributed by atoms with van der Waals surface area (Å²) < 4.78 is 0. The number of hydrogen-bond acceptors (Lipinski definition) is 2. The summed E-state index contributed by atoms with van der Waals surface area (Å²) in [6.07, 6.45) is 0. The van der Waals surface area contributed by atoms with Gasteiger partial charge in [0.2, 0.25) is 0 Å². The van der Waals surface area contributed by atoms with Crippen LogP contribution in [0.1, 0.15) is 6.92 Å². The van der Waals surface area contributed by atoms with Gasteiger partial charge in [-0.05, 0) is 0 Å². The van der Waals surface area contributed by atoms with Crippen molar-refractivity contribution in [2.75, 3.05) is 0 Å². The standard InChI is InChI=1S/C2H3S.S.V/c1-2-3;;/h1H3;;/q-1;;. The molecule has 0 aromatic carbocycles. The summed E-state index contributed by atoms with van der Waals surface area (Å²) >= 11 is 6.04. The Morgan fingerprint density at radius 2 is 1.60 bits per heavy atom. The van der Waals surface area contributed by atoms with Crippen LogP contribution in [0.2, 0.25) is 0 Å². The van der Waals surface area contributed by atoms with Gasteiger partial charge in [-0.15, -0.1) is 0 Å². The predicted octanol–water partition coefficient (Wildman–Crippen LogP) is 1.53. The van der Waals surface area contributed by atoms with E-state index in [1.165, 1.54) is 0 Å². The van der Waals surface area contributed by atoms with Gasteiger partial charge in [0.15, 0.2) is 0 Å². The first-order chi connectivity index (χ1) is 2.41. The first-order valence-corrected chi connectivity index (χ1v) is 3.37. The van der Waals surface area contributed by atoms with Gasteiger partial charge in [0, 0.05) is 0 Å². The van der Waals surface area contributed by atoms with E-state index in [0.717, 1.165) is 0 Å². The summed E-state index contributed by atoms with van der Waals surface area (Å²) in [5, 5.41) is 2.33. The fraction of sp³-hybridized carbons (Fsp3) is 0.500. The zero-order valence-electron chi connectivity index (χ0n) is 2.76. The van der Waals surface area contributed by atoms with Crippen molar-refractivity contribution < 1.29 is 15.7 Å². The molecule has 0 bridgehead atoms. The van der Waals surface area contributed by atoms with Gasteiger partial charge in [-0.1, -0.05) is 0 Å². The molecule has 5 heavy (non-hydrogen) atoms. The SMILES string of the molecule is C[C-]=S.[S]=[V]. The Morgan fingerprint density at radius 3 is 1.60 bits per heavy atom. The third kappa shape index (κ3) is 51.3. The molecule has 0 N–H and O–H groups in total. The Balaban J connectivity index is 0. The fourth-order valence-electron chi connectivity index (χ4n) is 0. The Kier molecular flexibility index (Phi) is 38.5. The van der Waals surface area contributed by atoms with E-state index >= 15 is 0 Å². The average molecular weight is 142 g/mol. The van der Waals surface area contributed by atoms with Crippen LogP contribution in [0.15, 0.2) is 0 Å². The van der Waals surface area contributed by atoms with Crippen LogP contribution in [0.5, 0.6) is 0 Å². The van der Waals surface area contributed by atoms with Gasteiger partial charge in [0.05, 0.1) is 0 Å². The topological polar surface area (TPSA) is 0 Å². The van der Waals surface area contributed by atoms with E-state index in [2.05, 4.69) is 27.9 Å². The van der Waals surface area contributed by atoms with Gasteiger partial charge in [0.1, 0.15) is 0 Å². The van der Waals surface area contributed by atoms with Crippen molar-refractivity contribution >= 4 is 27.9 Å². The van der Waals surface area contributed by atoms with Crippen molar-refractivity contribution in [3.63, 3.8) is 0 Å². The molecule has 0 rings (SSSR count). The zero-order chi connectivity index (χ0) is 4.71. The molecule has 0 atom stereocenters. The van der Waals surface area contributed by atoms with E-state index in [1.807, 2.05) is 15.7 Å². The molecule has 0 aliphatic rings. The molecule has 0 aliphatic carbocycles. The minimum absolute atomic E-state index is 1.69. The third-order valence-electron chi connectivity index (χ3n) is 0. The van der Waals surface area contributed by atoms with Gasteiger partial charge < -0.3 is 17.6 Å². The zero-order valence-corrected chi connectivity index (χ0v) is 5.79. The van der Waals surface area contributed by atoms with E-state index in [9.17, 15) is 0 Å². The van der Waals surface area contributed by atoms with Crippen molar-refractivity contribution in [1.82, 2.24) is 0 Å². The van der Waals surface area contributed by atoms with Crippen LogP contribution in [0.4, 0.5) is 0 Å². The normalized spacial score (nSPS) is 3.20. The number of thiocarbonyl (C=S) groups is 1. The summed E-state index contributed by atoms with van der Waals surface area (Å²) in [7, 11) is 4.02. The summed E-state index contributed by atoms with van der Waals surface area (Å²) in [4.78, 5) is 0. The van der Waals surface area contributed by atoms with Crippen LogP contribution in [0, 0.1) is 0 Å². The average Bonchev–Trinajstić information content (AvgIpc) is 1.46. The van der Waals surface area contributed by atoms with Crippen LogP contribution in [-0.4, -0.2) is 5.37 Å². The van der Waals surface area contributed by atoms with Crippen LogP contribution < -0.4 is 0 Å². The van der Waals surface area contributed by atoms with E-state index in [0.29, 0.717) is 0 Å². The monoisotopic (exact) mass is 142 g/mol. The maximum absolute atomic E-state index is 4.14. The third-order valence-corrected chi connectivity index (χ3v) is 0. The Labute approximate surface area is 50.6 Å². The molecule has 0 saturated carbocycles. The molecule has 3 heteroatoms. The van der Waals surface area contributed by atoms with Crippen LogP contribution in [0.25, 0.3) is 0 Å². The van der Waals surface area contributed by atoms with E-state index < -0.39 is 0 Å². The second kappa shape index (κ2) is 20.7. The van der Waals surface area contributed by atoms with Crippen molar-refractivity contribution in [3.8, 4) is 0 Å². The first-order valence-electron chi connectivity index (χ1n) is 0.887. The van der Waals surface area contributed by atoms with Gasteiger partial charge in [-0.2, -0.15) is 6.92 Å². The Morgan fingerprint density at radius 1 is 1.60 bits per heavy atom. The summed E-state index contributed by atoms with van der Waals surface area (Å²) in [5.74, 6) is 0. The second-order valence-electron chi connectivity index (χ2n) is 0.204. The molecule has 0 heterocycles. The summed E-state index contributed by atoms with van der Waals surface area (Å²) in [6.45, 7) is 1.69. The molecule has 0 amide bonds. The molecule has 0 spiro atoms.